The lowest BCUT2D eigenvalue weighted by Crippen LogP contribution is -2.50. The molecule has 1 aromatic carbocycles. The van der Waals surface area contributed by atoms with E-state index in [2.05, 4.69) is 17.4 Å². The molecule has 1 aromatic rings. The summed E-state index contributed by atoms with van der Waals surface area (Å²) < 4.78 is 0. The monoisotopic (exact) mass is 261 g/mol. The molecular formula is C16H23NO2. The Hall–Kier alpha value is -1.35. The molecule has 0 saturated heterocycles. The standard InChI is InChI=1S/C16H23NO2/c1-13(8-11-18)12-17-15(19)16(9-5-10-16)14-6-3-2-4-7-14/h2-4,6-7,13,18H,5,8-12H2,1H3,(H,17,19). The van der Waals surface area contributed by atoms with Crippen LogP contribution in [0.1, 0.15) is 38.2 Å². The maximum atomic E-state index is 12.5. The zero-order chi connectivity index (χ0) is 13.7. The van der Waals surface area contributed by atoms with E-state index in [1.807, 2.05) is 25.1 Å². The second kappa shape index (κ2) is 6.20. The van der Waals surface area contributed by atoms with Crippen LogP contribution in [0.25, 0.3) is 0 Å². The number of rotatable bonds is 6. The predicted octanol–water partition coefficient (Wildman–Crippen LogP) is 2.24. The average molecular weight is 261 g/mol. The Morgan fingerprint density at radius 2 is 2.05 bits per heavy atom. The van der Waals surface area contributed by atoms with Crippen molar-refractivity contribution in [1.29, 1.82) is 0 Å². The smallest absolute Gasteiger partial charge is 0.230 e. The third-order valence-corrected chi connectivity index (χ3v) is 4.20. The van der Waals surface area contributed by atoms with Gasteiger partial charge in [-0.1, -0.05) is 43.7 Å². The van der Waals surface area contributed by atoms with Crippen LogP contribution in [0.2, 0.25) is 0 Å². The largest absolute Gasteiger partial charge is 0.396 e. The van der Waals surface area contributed by atoms with Gasteiger partial charge in [-0.25, -0.2) is 0 Å². The molecule has 1 aliphatic rings. The van der Waals surface area contributed by atoms with Crippen molar-refractivity contribution in [3.8, 4) is 0 Å². The second-order valence-corrected chi connectivity index (χ2v) is 5.63. The Morgan fingerprint density at radius 3 is 2.58 bits per heavy atom. The molecule has 0 radical (unpaired) electrons. The maximum absolute atomic E-state index is 12.5. The number of amides is 1. The van der Waals surface area contributed by atoms with Crippen LogP contribution in [0, 0.1) is 5.92 Å². The summed E-state index contributed by atoms with van der Waals surface area (Å²) in [4.78, 5) is 12.5. The van der Waals surface area contributed by atoms with Gasteiger partial charge >= 0.3 is 0 Å². The molecular weight excluding hydrogens is 238 g/mol. The Labute approximate surface area is 115 Å². The molecule has 2 rings (SSSR count). The molecule has 1 unspecified atom stereocenters. The highest BCUT2D eigenvalue weighted by molar-refractivity contribution is 5.89. The number of aliphatic hydroxyl groups is 1. The molecule has 3 heteroatoms. The Morgan fingerprint density at radius 1 is 1.37 bits per heavy atom. The maximum Gasteiger partial charge on any atom is 0.230 e. The van der Waals surface area contributed by atoms with Crippen LogP contribution >= 0.6 is 0 Å². The first kappa shape index (κ1) is 14.1. The van der Waals surface area contributed by atoms with Gasteiger partial charge in [-0.2, -0.15) is 0 Å². The normalized spacial score (nSPS) is 18.4. The van der Waals surface area contributed by atoms with Crippen LogP contribution in [0.5, 0.6) is 0 Å². The van der Waals surface area contributed by atoms with E-state index in [4.69, 9.17) is 5.11 Å². The van der Waals surface area contributed by atoms with Crippen molar-refractivity contribution >= 4 is 5.91 Å². The summed E-state index contributed by atoms with van der Waals surface area (Å²) in [5.41, 5.74) is 0.828. The van der Waals surface area contributed by atoms with Gasteiger partial charge < -0.3 is 10.4 Å². The Kier molecular flexibility index (Phi) is 4.59. The number of nitrogens with one attached hydrogen (secondary N) is 1. The second-order valence-electron chi connectivity index (χ2n) is 5.63. The van der Waals surface area contributed by atoms with Crippen molar-refractivity contribution in [2.75, 3.05) is 13.2 Å². The summed E-state index contributed by atoms with van der Waals surface area (Å²) in [6.45, 7) is 2.88. The molecule has 19 heavy (non-hydrogen) atoms. The third kappa shape index (κ3) is 2.98. The molecule has 3 nitrogen and oxygen atoms in total. The van der Waals surface area contributed by atoms with Gasteiger partial charge in [-0.3, -0.25) is 4.79 Å². The number of carbonyl (C=O) groups excluding carboxylic acids is 1. The Bertz CT molecular complexity index is 412. The van der Waals surface area contributed by atoms with Crippen LogP contribution < -0.4 is 5.32 Å². The summed E-state index contributed by atoms with van der Waals surface area (Å²) in [7, 11) is 0. The summed E-state index contributed by atoms with van der Waals surface area (Å²) in [6, 6.07) is 10.1. The SMILES string of the molecule is CC(CCO)CNC(=O)C1(c2ccccc2)CCC1. The van der Waals surface area contributed by atoms with Crippen molar-refractivity contribution in [2.45, 2.75) is 38.0 Å². The molecule has 1 amide bonds. The van der Waals surface area contributed by atoms with Gasteiger partial charge in [0.25, 0.3) is 0 Å². The van der Waals surface area contributed by atoms with Crippen molar-refractivity contribution in [3.63, 3.8) is 0 Å². The van der Waals surface area contributed by atoms with Gasteiger partial charge in [0, 0.05) is 13.2 Å². The van der Waals surface area contributed by atoms with Gasteiger partial charge in [-0.05, 0) is 30.7 Å². The minimum atomic E-state index is -0.305. The fourth-order valence-corrected chi connectivity index (χ4v) is 2.69. The van der Waals surface area contributed by atoms with Crippen LogP contribution in [-0.2, 0) is 10.2 Å². The fraction of sp³-hybridized carbons (Fsp3) is 0.562. The molecule has 2 N–H and O–H groups in total. The van der Waals surface area contributed by atoms with Gasteiger partial charge in [0.15, 0.2) is 0 Å². The lowest BCUT2D eigenvalue weighted by Gasteiger charge is -2.41. The van der Waals surface area contributed by atoms with Crippen molar-refractivity contribution < 1.29 is 9.90 Å². The fourth-order valence-electron chi connectivity index (χ4n) is 2.69. The average Bonchev–Trinajstić information content (AvgIpc) is 2.37. The number of benzene rings is 1. The van der Waals surface area contributed by atoms with Gasteiger partial charge in [0.2, 0.25) is 5.91 Å². The zero-order valence-corrected chi connectivity index (χ0v) is 11.6. The highest BCUT2D eigenvalue weighted by Gasteiger charge is 2.45. The summed E-state index contributed by atoms with van der Waals surface area (Å²) in [5.74, 6) is 0.469. The van der Waals surface area contributed by atoms with E-state index in [0.717, 1.165) is 31.2 Å². The molecule has 1 atom stereocenters. The summed E-state index contributed by atoms with van der Waals surface area (Å²) in [5, 5.41) is 11.9. The molecule has 1 aliphatic carbocycles. The first-order valence-electron chi connectivity index (χ1n) is 7.14. The van der Waals surface area contributed by atoms with Crippen molar-refractivity contribution in [3.05, 3.63) is 35.9 Å². The number of hydrogen-bond donors (Lipinski definition) is 2. The molecule has 1 saturated carbocycles. The van der Waals surface area contributed by atoms with Crippen LogP contribution in [0.15, 0.2) is 30.3 Å². The summed E-state index contributed by atoms with van der Waals surface area (Å²) >= 11 is 0. The van der Waals surface area contributed by atoms with E-state index in [1.54, 1.807) is 0 Å². The first-order valence-corrected chi connectivity index (χ1v) is 7.14. The molecule has 0 aliphatic heterocycles. The van der Waals surface area contributed by atoms with E-state index in [-0.39, 0.29) is 17.9 Å². The quantitative estimate of drug-likeness (QED) is 0.825. The lowest BCUT2D eigenvalue weighted by atomic mass is 9.64. The highest BCUT2D eigenvalue weighted by atomic mass is 16.3. The first-order chi connectivity index (χ1) is 9.19. The summed E-state index contributed by atoms with van der Waals surface area (Å²) in [6.07, 6.45) is 3.74. The van der Waals surface area contributed by atoms with E-state index in [0.29, 0.717) is 12.5 Å². The third-order valence-electron chi connectivity index (χ3n) is 4.20. The molecule has 0 bridgehead atoms. The minimum absolute atomic E-state index is 0.148. The molecule has 0 heterocycles. The van der Waals surface area contributed by atoms with E-state index < -0.39 is 0 Å². The molecule has 104 valence electrons. The van der Waals surface area contributed by atoms with Gasteiger partial charge in [-0.15, -0.1) is 0 Å². The topological polar surface area (TPSA) is 49.3 Å². The Balaban J connectivity index is 2.00. The van der Waals surface area contributed by atoms with Crippen LogP contribution in [0.4, 0.5) is 0 Å². The van der Waals surface area contributed by atoms with Crippen LogP contribution in [0.3, 0.4) is 0 Å². The zero-order valence-electron chi connectivity index (χ0n) is 11.6. The van der Waals surface area contributed by atoms with Gasteiger partial charge in [0.05, 0.1) is 5.41 Å². The minimum Gasteiger partial charge on any atom is -0.396 e. The number of hydrogen-bond acceptors (Lipinski definition) is 2. The molecule has 0 aromatic heterocycles. The van der Waals surface area contributed by atoms with E-state index in [1.165, 1.54) is 0 Å². The van der Waals surface area contributed by atoms with Crippen LogP contribution in [-0.4, -0.2) is 24.2 Å². The van der Waals surface area contributed by atoms with Gasteiger partial charge in [0.1, 0.15) is 0 Å². The molecule has 0 spiro atoms. The highest BCUT2D eigenvalue weighted by Crippen LogP contribution is 2.43. The van der Waals surface area contributed by atoms with Crippen molar-refractivity contribution in [2.24, 2.45) is 5.92 Å². The number of carbonyl (C=O) groups is 1. The van der Waals surface area contributed by atoms with Crippen molar-refractivity contribution in [1.82, 2.24) is 5.32 Å². The van der Waals surface area contributed by atoms with E-state index in [9.17, 15) is 4.79 Å². The number of aliphatic hydroxyl groups excluding tert-OH is 1. The predicted molar refractivity (Wildman–Crippen MR) is 75.8 cm³/mol. The van der Waals surface area contributed by atoms with E-state index >= 15 is 0 Å². The molecule has 1 fully saturated rings. The lowest BCUT2D eigenvalue weighted by molar-refractivity contribution is -0.130.